The molecule has 0 radical (unpaired) electrons. The number of benzene rings is 2. The van der Waals surface area contributed by atoms with E-state index in [2.05, 4.69) is 15.4 Å². The quantitative estimate of drug-likeness (QED) is 0.768. The number of alkyl halides is 2. The van der Waals surface area contributed by atoms with Crippen molar-refractivity contribution in [1.29, 1.82) is 0 Å². The van der Waals surface area contributed by atoms with Crippen molar-refractivity contribution in [1.82, 2.24) is 5.32 Å². The number of thiocarbonyl (C=S) groups is 1. The van der Waals surface area contributed by atoms with E-state index in [0.29, 0.717) is 17.3 Å². The first kappa shape index (κ1) is 17.9. The fraction of sp³-hybridized carbons (Fsp3) is 0.188. The zero-order valence-corrected chi connectivity index (χ0v) is 13.5. The Balaban J connectivity index is 1.93. The molecule has 0 bridgehead atoms. The number of halogens is 3. The van der Waals surface area contributed by atoms with Crippen LogP contribution < -0.4 is 20.1 Å². The maximum atomic E-state index is 12.8. The maximum Gasteiger partial charge on any atom is 0.387 e. The number of ether oxygens (including phenoxy) is 2. The average molecular weight is 356 g/mol. The standard InChI is InChI=1S/C16H15F3N2O2S/c1-22-14-8-10(2-7-13(14)23-15(18)19)9-20-16(24)21-12-5-3-11(17)4-6-12/h2-8,15H,9H2,1H3,(H2,20,21,24). The van der Waals surface area contributed by atoms with Gasteiger partial charge in [-0.2, -0.15) is 8.78 Å². The number of anilines is 1. The molecule has 0 spiro atoms. The van der Waals surface area contributed by atoms with Gasteiger partial charge in [0.2, 0.25) is 0 Å². The summed E-state index contributed by atoms with van der Waals surface area (Å²) in [6, 6.07) is 10.3. The summed E-state index contributed by atoms with van der Waals surface area (Å²) in [4.78, 5) is 0. The fourth-order valence-corrected chi connectivity index (χ4v) is 2.10. The van der Waals surface area contributed by atoms with Crippen LogP contribution in [0, 0.1) is 5.82 Å². The van der Waals surface area contributed by atoms with Gasteiger partial charge >= 0.3 is 6.61 Å². The normalized spacial score (nSPS) is 10.4. The van der Waals surface area contributed by atoms with E-state index in [0.717, 1.165) is 5.56 Å². The largest absolute Gasteiger partial charge is 0.493 e. The number of methoxy groups -OCH3 is 1. The van der Waals surface area contributed by atoms with Crippen LogP contribution in [0.2, 0.25) is 0 Å². The van der Waals surface area contributed by atoms with Gasteiger partial charge in [0, 0.05) is 12.2 Å². The summed E-state index contributed by atoms with van der Waals surface area (Å²) >= 11 is 5.14. The van der Waals surface area contributed by atoms with Gasteiger partial charge in [0.1, 0.15) is 5.82 Å². The van der Waals surface area contributed by atoms with Crippen molar-refractivity contribution in [3.8, 4) is 11.5 Å². The van der Waals surface area contributed by atoms with Crippen molar-refractivity contribution in [2.75, 3.05) is 12.4 Å². The number of hydrogen-bond donors (Lipinski definition) is 2. The van der Waals surface area contributed by atoms with Crippen LogP contribution in [0.25, 0.3) is 0 Å². The van der Waals surface area contributed by atoms with Crippen LogP contribution in [0.1, 0.15) is 5.56 Å². The molecule has 24 heavy (non-hydrogen) atoms. The zero-order chi connectivity index (χ0) is 17.5. The molecule has 0 unspecified atom stereocenters. The van der Waals surface area contributed by atoms with Crippen molar-refractivity contribution in [2.45, 2.75) is 13.2 Å². The first-order chi connectivity index (χ1) is 11.5. The predicted octanol–water partition coefficient (Wildman–Crippen LogP) is 3.92. The molecule has 0 saturated carbocycles. The molecule has 4 nitrogen and oxygen atoms in total. The zero-order valence-electron chi connectivity index (χ0n) is 12.7. The van der Waals surface area contributed by atoms with Crippen molar-refractivity contribution in [3.05, 3.63) is 53.8 Å². The highest BCUT2D eigenvalue weighted by Gasteiger charge is 2.11. The van der Waals surface area contributed by atoms with Gasteiger partial charge in [-0.05, 0) is 54.2 Å². The van der Waals surface area contributed by atoms with Crippen molar-refractivity contribution >= 4 is 23.0 Å². The van der Waals surface area contributed by atoms with Crippen LogP contribution in [-0.2, 0) is 6.54 Å². The van der Waals surface area contributed by atoms with Crippen LogP contribution in [-0.4, -0.2) is 18.8 Å². The molecule has 0 aliphatic rings. The molecule has 0 aliphatic carbocycles. The molecule has 2 N–H and O–H groups in total. The molecule has 0 aromatic heterocycles. The van der Waals surface area contributed by atoms with Gasteiger partial charge in [0.05, 0.1) is 7.11 Å². The molecule has 2 aromatic rings. The monoisotopic (exact) mass is 356 g/mol. The van der Waals surface area contributed by atoms with Gasteiger partial charge in [-0.15, -0.1) is 0 Å². The lowest BCUT2D eigenvalue weighted by Gasteiger charge is -2.13. The van der Waals surface area contributed by atoms with Crippen molar-refractivity contribution < 1.29 is 22.6 Å². The summed E-state index contributed by atoms with van der Waals surface area (Å²) in [5.41, 5.74) is 1.41. The van der Waals surface area contributed by atoms with E-state index >= 15 is 0 Å². The van der Waals surface area contributed by atoms with Crippen LogP contribution in [0.4, 0.5) is 18.9 Å². The molecular weight excluding hydrogens is 341 g/mol. The van der Waals surface area contributed by atoms with Gasteiger partial charge in [-0.1, -0.05) is 6.07 Å². The number of rotatable bonds is 6. The average Bonchev–Trinajstić information content (AvgIpc) is 2.55. The summed E-state index contributed by atoms with van der Waals surface area (Å²) in [6.45, 7) is -2.58. The lowest BCUT2D eigenvalue weighted by molar-refractivity contribution is -0.0512. The third-order valence-corrected chi connectivity index (χ3v) is 3.25. The third-order valence-electron chi connectivity index (χ3n) is 3.00. The summed E-state index contributed by atoms with van der Waals surface area (Å²) < 4.78 is 46.8. The smallest absolute Gasteiger partial charge is 0.387 e. The molecule has 0 saturated heterocycles. The minimum Gasteiger partial charge on any atom is -0.493 e. The highest BCUT2D eigenvalue weighted by Crippen LogP contribution is 2.29. The van der Waals surface area contributed by atoms with E-state index in [4.69, 9.17) is 17.0 Å². The molecule has 0 aliphatic heterocycles. The SMILES string of the molecule is COc1cc(CNC(=S)Nc2ccc(F)cc2)ccc1OC(F)F. The topological polar surface area (TPSA) is 42.5 Å². The second kappa shape index (κ2) is 8.39. The molecule has 0 fully saturated rings. The lowest BCUT2D eigenvalue weighted by atomic mass is 10.2. The fourth-order valence-electron chi connectivity index (χ4n) is 1.91. The maximum absolute atomic E-state index is 12.8. The highest BCUT2D eigenvalue weighted by atomic mass is 32.1. The molecule has 0 atom stereocenters. The van der Waals surface area contributed by atoms with Gasteiger partial charge in [-0.25, -0.2) is 4.39 Å². The first-order valence-electron chi connectivity index (χ1n) is 6.90. The lowest BCUT2D eigenvalue weighted by Crippen LogP contribution is -2.27. The van der Waals surface area contributed by atoms with Gasteiger partial charge in [0.25, 0.3) is 0 Å². The molecule has 2 rings (SSSR count). The first-order valence-corrected chi connectivity index (χ1v) is 7.31. The Bertz CT molecular complexity index is 696. The Hall–Kier alpha value is -2.48. The molecule has 8 heteroatoms. The van der Waals surface area contributed by atoms with Crippen LogP contribution in [0.3, 0.4) is 0 Å². The Labute approximate surface area is 142 Å². The van der Waals surface area contributed by atoms with E-state index in [1.165, 1.54) is 25.3 Å². The Morgan fingerprint density at radius 2 is 1.83 bits per heavy atom. The minimum atomic E-state index is -2.92. The molecule has 128 valence electrons. The predicted molar refractivity (Wildman–Crippen MR) is 89.1 cm³/mol. The second-order valence-electron chi connectivity index (χ2n) is 4.68. The highest BCUT2D eigenvalue weighted by molar-refractivity contribution is 7.80. The van der Waals surface area contributed by atoms with E-state index in [1.54, 1.807) is 24.3 Å². The summed E-state index contributed by atoms with van der Waals surface area (Å²) in [5.74, 6) is -0.173. The second-order valence-corrected chi connectivity index (χ2v) is 5.09. The van der Waals surface area contributed by atoms with E-state index in [1.807, 2.05) is 0 Å². The van der Waals surface area contributed by atoms with Crippen LogP contribution >= 0.6 is 12.2 Å². The summed E-state index contributed by atoms with van der Waals surface area (Å²) in [7, 11) is 1.37. The van der Waals surface area contributed by atoms with E-state index < -0.39 is 6.61 Å². The van der Waals surface area contributed by atoms with Gasteiger partial charge in [-0.3, -0.25) is 0 Å². The Kier molecular flexibility index (Phi) is 6.25. The molecule has 2 aromatic carbocycles. The third kappa shape index (κ3) is 5.31. The summed E-state index contributed by atoms with van der Waals surface area (Å²) in [6.07, 6.45) is 0. The number of nitrogens with one attached hydrogen (secondary N) is 2. The van der Waals surface area contributed by atoms with Crippen LogP contribution in [0.15, 0.2) is 42.5 Å². The minimum absolute atomic E-state index is 0.0386. The Morgan fingerprint density at radius 3 is 2.46 bits per heavy atom. The van der Waals surface area contributed by atoms with Crippen LogP contribution in [0.5, 0.6) is 11.5 Å². The van der Waals surface area contributed by atoms with E-state index in [-0.39, 0.29) is 17.3 Å². The number of hydrogen-bond acceptors (Lipinski definition) is 3. The summed E-state index contributed by atoms with van der Waals surface area (Å²) in [5, 5.41) is 6.20. The van der Waals surface area contributed by atoms with Gasteiger partial charge in [0.15, 0.2) is 16.6 Å². The Morgan fingerprint density at radius 1 is 1.12 bits per heavy atom. The molecule has 0 heterocycles. The molecule has 0 amide bonds. The van der Waals surface area contributed by atoms with Crippen molar-refractivity contribution in [2.24, 2.45) is 0 Å². The van der Waals surface area contributed by atoms with E-state index in [9.17, 15) is 13.2 Å². The van der Waals surface area contributed by atoms with Gasteiger partial charge < -0.3 is 20.1 Å². The molecular formula is C16H15F3N2O2S. The van der Waals surface area contributed by atoms with Crippen molar-refractivity contribution in [3.63, 3.8) is 0 Å².